The van der Waals surface area contributed by atoms with Crippen molar-refractivity contribution in [2.45, 2.75) is 32.4 Å². The lowest BCUT2D eigenvalue weighted by atomic mass is 10.2. The molecule has 17 heavy (non-hydrogen) atoms. The van der Waals surface area contributed by atoms with Gasteiger partial charge in [0.25, 0.3) is 0 Å². The number of hydrogen-bond acceptors (Lipinski definition) is 3. The molecule has 5 heteroatoms. The molecule has 3 nitrogen and oxygen atoms in total. The minimum Gasteiger partial charge on any atom is -0.468 e. The molecule has 0 aromatic carbocycles. The molecule has 0 amide bonds. The van der Waals surface area contributed by atoms with Crippen molar-refractivity contribution in [3.05, 3.63) is 24.2 Å². The van der Waals surface area contributed by atoms with Gasteiger partial charge in [-0.2, -0.15) is 0 Å². The van der Waals surface area contributed by atoms with Gasteiger partial charge in [0.05, 0.1) is 12.8 Å². The van der Waals surface area contributed by atoms with Gasteiger partial charge in [-0.25, -0.2) is 0 Å². The molecule has 0 aliphatic carbocycles. The summed E-state index contributed by atoms with van der Waals surface area (Å²) < 4.78 is 5.28. The lowest BCUT2D eigenvalue weighted by molar-refractivity contribution is 0.258. The van der Waals surface area contributed by atoms with Gasteiger partial charge in [0, 0.05) is 12.6 Å². The maximum Gasteiger partial charge on any atom is 0.117 e. The van der Waals surface area contributed by atoms with Crippen molar-refractivity contribution in [1.29, 1.82) is 0 Å². The van der Waals surface area contributed by atoms with Crippen molar-refractivity contribution >= 4 is 24.8 Å². The molecule has 1 N–H and O–H groups in total. The zero-order chi connectivity index (χ0) is 10.5. The zero-order valence-corrected chi connectivity index (χ0v) is 11.9. The quantitative estimate of drug-likeness (QED) is 0.899. The van der Waals surface area contributed by atoms with Crippen LogP contribution in [0.4, 0.5) is 0 Å². The van der Waals surface area contributed by atoms with Crippen molar-refractivity contribution in [3.63, 3.8) is 0 Å². The standard InChI is InChI=1S/C12H20N2O.2ClH/c1-2-14-7-3-5-11(14)9-13-10-12-6-4-8-15-12;;/h4,6,8,11,13H,2-3,5,7,9-10H2,1H3;2*1H. The number of rotatable bonds is 5. The Labute approximate surface area is 116 Å². The van der Waals surface area contributed by atoms with Gasteiger partial charge in [-0.05, 0) is 38.1 Å². The summed E-state index contributed by atoms with van der Waals surface area (Å²) in [6, 6.07) is 4.68. The first-order chi connectivity index (χ1) is 7.40. The highest BCUT2D eigenvalue weighted by Gasteiger charge is 2.21. The molecule has 2 rings (SSSR count). The van der Waals surface area contributed by atoms with Crippen LogP contribution in [0.5, 0.6) is 0 Å². The summed E-state index contributed by atoms with van der Waals surface area (Å²) in [5.74, 6) is 1.02. The maximum absolute atomic E-state index is 5.28. The topological polar surface area (TPSA) is 28.4 Å². The van der Waals surface area contributed by atoms with Gasteiger partial charge >= 0.3 is 0 Å². The summed E-state index contributed by atoms with van der Waals surface area (Å²) in [5.41, 5.74) is 0. The van der Waals surface area contributed by atoms with Gasteiger partial charge in [-0.3, -0.25) is 4.90 Å². The zero-order valence-electron chi connectivity index (χ0n) is 10.2. The fourth-order valence-corrected chi connectivity index (χ4v) is 2.32. The fraction of sp³-hybridized carbons (Fsp3) is 0.667. The van der Waals surface area contributed by atoms with Crippen LogP contribution in [0.1, 0.15) is 25.5 Å². The smallest absolute Gasteiger partial charge is 0.117 e. The van der Waals surface area contributed by atoms with Crippen molar-refractivity contribution < 1.29 is 4.42 Å². The van der Waals surface area contributed by atoms with E-state index in [1.165, 1.54) is 25.9 Å². The summed E-state index contributed by atoms with van der Waals surface area (Å²) >= 11 is 0. The number of nitrogens with zero attached hydrogens (tertiary/aromatic N) is 1. The number of likely N-dealkylation sites (tertiary alicyclic amines) is 1. The molecule has 1 aliphatic heterocycles. The lowest BCUT2D eigenvalue weighted by Crippen LogP contribution is -2.37. The Morgan fingerprint density at radius 1 is 1.47 bits per heavy atom. The van der Waals surface area contributed by atoms with Crippen LogP contribution in [-0.2, 0) is 6.54 Å². The van der Waals surface area contributed by atoms with Gasteiger partial charge < -0.3 is 9.73 Å². The second kappa shape index (κ2) is 8.81. The molecule has 100 valence electrons. The molecule has 1 atom stereocenters. The molecule has 1 saturated heterocycles. The molecule has 0 bridgehead atoms. The van der Waals surface area contributed by atoms with E-state index in [4.69, 9.17) is 4.42 Å². The minimum atomic E-state index is 0. The third-order valence-electron chi connectivity index (χ3n) is 3.16. The van der Waals surface area contributed by atoms with E-state index >= 15 is 0 Å². The third kappa shape index (κ3) is 4.88. The Balaban J connectivity index is 0.00000128. The Morgan fingerprint density at radius 3 is 2.94 bits per heavy atom. The molecule has 1 unspecified atom stereocenters. The Morgan fingerprint density at radius 2 is 2.29 bits per heavy atom. The molecule has 1 fully saturated rings. The number of nitrogens with one attached hydrogen (secondary N) is 1. The lowest BCUT2D eigenvalue weighted by Gasteiger charge is -2.22. The molecule has 0 spiro atoms. The van der Waals surface area contributed by atoms with E-state index in [0.29, 0.717) is 0 Å². The predicted octanol–water partition coefficient (Wildman–Crippen LogP) is 2.70. The molecule has 0 radical (unpaired) electrons. The molecular formula is C12H22Cl2N2O. The number of furan rings is 1. The number of hydrogen-bond donors (Lipinski definition) is 1. The van der Waals surface area contributed by atoms with Crippen molar-refractivity contribution in [2.75, 3.05) is 19.6 Å². The Kier molecular flexibility index (Phi) is 8.70. The van der Waals surface area contributed by atoms with E-state index in [1.54, 1.807) is 6.26 Å². The average Bonchev–Trinajstić information content (AvgIpc) is 2.88. The molecule has 1 aliphatic rings. The van der Waals surface area contributed by atoms with Crippen LogP contribution < -0.4 is 5.32 Å². The largest absolute Gasteiger partial charge is 0.468 e. The normalized spacial score (nSPS) is 19.7. The van der Waals surface area contributed by atoms with E-state index in [-0.39, 0.29) is 24.8 Å². The van der Waals surface area contributed by atoms with Crippen molar-refractivity contribution in [1.82, 2.24) is 10.2 Å². The first-order valence-corrected chi connectivity index (χ1v) is 5.87. The maximum atomic E-state index is 5.28. The molecule has 1 aromatic rings. The van der Waals surface area contributed by atoms with Crippen LogP contribution in [-0.4, -0.2) is 30.6 Å². The first kappa shape index (κ1) is 16.8. The van der Waals surface area contributed by atoms with Crippen molar-refractivity contribution in [2.24, 2.45) is 0 Å². The highest BCUT2D eigenvalue weighted by atomic mass is 35.5. The summed E-state index contributed by atoms with van der Waals surface area (Å²) in [7, 11) is 0. The van der Waals surface area contributed by atoms with E-state index < -0.39 is 0 Å². The van der Waals surface area contributed by atoms with Crippen molar-refractivity contribution in [3.8, 4) is 0 Å². The van der Waals surface area contributed by atoms with E-state index in [0.717, 1.165) is 24.9 Å². The monoisotopic (exact) mass is 280 g/mol. The van der Waals surface area contributed by atoms with Gasteiger partial charge in [-0.1, -0.05) is 6.92 Å². The van der Waals surface area contributed by atoms with Gasteiger partial charge in [-0.15, -0.1) is 24.8 Å². The summed E-state index contributed by atoms with van der Waals surface area (Å²) in [4.78, 5) is 2.55. The van der Waals surface area contributed by atoms with Gasteiger partial charge in [0.15, 0.2) is 0 Å². The third-order valence-corrected chi connectivity index (χ3v) is 3.16. The van der Waals surface area contributed by atoms with Crippen LogP contribution in [0.25, 0.3) is 0 Å². The SMILES string of the molecule is CCN1CCCC1CNCc1ccco1.Cl.Cl. The van der Waals surface area contributed by atoms with E-state index in [1.807, 2.05) is 12.1 Å². The van der Waals surface area contributed by atoms with Crippen LogP contribution >= 0.6 is 24.8 Å². The van der Waals surface area contributed by atoms with Crippen LogP contribution in [0.3, 0.4) is 0 Å². The summed E-state index contributed by atoms with van der Waals surface area (Å²) in [5, 5.41) is 3.46. The second-order valence-corrected chi connectivity index (χ2v) is 4.13. The average molecular weight is 281 g/mol. The summed E-state index contributed by atoms with van der Waals surface area (Å²) in [6.07, 6.45) is 4.41. The van der Waals surface area contributed by atoms with E-state index in [9.17, 15) is 0 Å². The first-order valence-electron chi connectivity index (χ1n) is 5.87. The Bertz CT molecular complexity index is 280. The van der Waals surface area contributed by atoms with Gasteiger partial charge in [0.1, 0.15) is 5.76 Å². The van der Waals surface area contributed by atoms with Crippen LogP contribution in [0.15, 0.2) is 22.8 Å². The highest BCUT2D eigenvalue weighted by Crippen LogP contribution is 2.15. The number of halogens is 2. The molecule has 0 saturated carbocycles. The second-order valence-electron chi connectivity index (χ2n) is 4.13. The van der Waals surface area contributed by atoms with Crippen LogP contribution in [0, 0.1) is 0 Å². The van der Waals surface area contributed by atoms with Gasteiger partial charge in [0.2, 0.25) is 0 Å². The fourth-order valence-electron chi connectivity index (χ4n) is 2.32. The highest BCUT2D eigenvalue weighted by molar-refractivity contribution is 5.85. The molecule has 1 aromatic heterocycles. The summed E-state index contributed by atoms with van der Waals surface area (Å²) in [6.45, 7) is 6.61. The molecular weight excluding hydrogens is 259 g/mol. The number of likely N-dealkylation sites (N-methyl/N-ethyl adjacent to an activating group) is 1. The minimum absolute atomic E-state index is 0. The predicted molar refractivity (Wildman–Crippen MR) is 75.2 cm³/mol. The Hall–Kier alpha value is -0.220. The van der Waals surface area contributed by atoms with E-state index in [2.05, 4.69) is 17.1 Å². The van der Waals surface area contributed by atoms with Crippen LogP contribution in [0.2, 0.25) is 0 Å². The molecule has 2 heterocycles.